The third-order valence-electron chi connectivity index (χ3n) is 2.88. The first-order valence-corrected chi connectivity index (χ1v) is 8.74. The van der Waals surface area contributed by atoms with Crippen molar-refractivity contribution in [1.29, 1.82) is 0 Å². The molecule has 0 fully saturated rings. The first-order valence-electron chi connectivity index (χ1n) is 7.95. The van der Waals surface area contributed by atoms with Gasteiger partial charge in [0.15, 0.2) is 6.04 Å². The molecule has 0 aliphatic heterocycles. The second-order valence-corrected chi connectivity index (χ2v) is 8.56. The number of rotatable bonds is 5. The molecule has 1 aromatic carbocycles. The van der Waals surface area contributed by atoms with Crippen molar-refractivity contribution >= 4 is 27.8 Å². The molecule has 0 spiro atoms. The summed E-state index contributed by atoms with van der Waals surface area (Å²) in [5.74, 6) is -1.37. The Hall–Kier alpha value is -1.60. The number of halogens is 1. The first-order chi connectivity index (χ1) is 11.3. The zero-order valence-electron chi connectivity index (χ0n) is 15.5. The van der Waals surface area contributed by atoms with E-state index in [0.717, 1.165) is 0 Å². The summed E-state index contributed by atoms with van der Waals surface area (Å²) in [6.45, 7) is 10.7. The van der Waals surface area contributed by atoms with Gasteiger partial charge >= 0.3 is 5.97 Å². The number of benzene rings is 1. The van der Waals surface area contributed by atoms with E-state index in [4.69, 9.17) is 9.47 Å². The van der Waals surface area contributed by atoms with E-state index >= 15 is 0 Å². The molecule has 2 N–H and O–H groups in total. The quantitative estimate of drug-likeness (QED) is 0.719. The molecule has 1 aromatic rings. The first kappa shape index (κ1) is 21.4. The number of carbonyl (C=O) groups is 2. The Balaban J connectivity index is 2.94. The number of aromatic hydroxyl groups is 1. The van der Waals surface area contributed by atoms with Crippen molar-refractivity contribution in [2.24, 2.45) is 0 Å². The number of hydrogen-bond donors (Lipinski definition) is 2. The van der Waals surface area contributed by atoms with Gasteiger partial charge in [-0.15, -0.1) is 0 Å². The molecule has 1 rings (SSSR count). The maximum Gasteiger partial charge on any atom is 0.331 e. The lowest BCUT2D eigenvalue weighted by atomic mass is 10.1. The number of hydrogen-bond acceptors (Lipinski definition) is 5. The van der Waals surface area contributed by atoms with Gasteiger partial charge < -0.3 is 19.9 Å². The molecule has 140 valence electrons. The molecule has 1 amide bonds. The second-order valence-electron chi connectivity index (χ2n) is 7.64. The molecule has 0 heterocycles. The summed E-state index contributed by atoms with van der Waals surface area (Å²) in [6, 6.07) is 3.51. The van der Waals surface area contributed by atoms with Gasteiger partial charge in [-0.1, -0.05) is 15.9 Å². The third kappa shape index (κ3) is 7.88. The minimum Gasteiger partial charge on any atom is -0.507 e. The van der Waals surface area contributed by atoms with E-state index < -0.39 is 29.1 Å². The zero-order valence-corrected chi connectivity index (χ0v) is 17.1. The molecule has 0 bridgehead atoms. The molecule has 0 unspecified atom stereocenters. The van der Waals surface area contributed by atoms with Crippen LogP contribution in [0.1, 0.15) is 51.9 Å². The fourth-order valence-electron chi connectivity index (χ4n) is 1.81. The van der Waals surface area contributed by atoms with Crippen LogP contribution in [-0.4, -0.2) is 40.8 Å². The van der Waals surface area contributed by atoms with Gasteiger partial charge in [0.1, 0.15) is 11.4 Å². The van der Waals surface area contributed by atoms with Gasteiger partial charge in [-0.2, -0.15) is 0 Å². The lowest BCUT2D eigenvalue weighted by Crippen LogP contribution is -2.48. The van der Waals surface area contributed by atoms with Crippen LogP contribution in [0.5, 0.6) is 5.75 Å². The van der Waals surface area contributed by atoms with E-state index in [9.17, 15) is 14.7 Å². The highest BCUT2D eigenvalue weighted by atomic mass is 79.9. The number of amides is 1. The monoisotopic (exact) mass is 415 g/mol. The Morgan fingerprint density at radius 1 is 1.16 bits per heavy atom. The molecule has 0 aliphatic rings. The van der Waals surface area contributed by atoms with E-state index in [1.807, 2.05) is 20.8 Å². The molecule has 25 heavy (non-hydrogen) atoms. The fraction of sp³-hybridized carbons (Fsp3) is 0.556. The minimum atomic E-state index is -0.992. The van der Waals surface area contributed by atoms with Crippen molar-refractivity contribution in [3.63, 3.8) is 0 Å². The van der Waals surface area contributed by atoms with E-state index in [1.165, 1.54) is 12.1 Å². The van der Waals surface area contributed by atoms with Crippen LogP contribution in [0.4, 0.5) is 0 Å². The van der Waals surface area contributed by atoms with Crippen molar-refractivity contribution in [2.75, 3.05) is 6.61 Å². The van der Waals surface area contributed by atoms with Crippen molar-refractivity contribution < 1.29 is 24.2 Å². The number of ether oxygens (including phenoxy) is 2. The van der Waals surface area contributed by atoms with E-state index in [-0.39, 0.29) is 17.9 Å². The Morgan fingerprint density at radius 3 is 2.24 bits per heavy atom. The Labute approximate surface area is 157 Å². The topological polar surface area (TPSA) is 84.9 Å². The Kier molecular flexibility index (Phi) is 7.02. The zero-order chi connectivity index (χ0) is 19.4. The van der Waals surface area contributed by atoms with Crippen LogP contribution in [0.25, 0.3) is 0 Å². The standard InChI is InChI=1S/C18H26BrNO5/c1-17(2,3)24-10-13(16(23)25-18(4,5)6)20-15(22)12-8-7-11(19)9-14(12)21/h7-9,13,21H,10H2,1-6H3,(H,20,22)/t13-/m0/s1. The van der Waals surface area contributed by atoms with Crippen molar-refractivity contribution in [2.45, 2.75) is 58.8 Å². The molecule has 0 radical (unpaired) electrons. The summed E-state index contributed by atoms with van der Waals surface area (Å²) in [7, 11) is 0. The van der Waals surface area contributed by atoms with Crippen LogP contribution in [0, 0.1) is 0 Å². The molecule has 0 saturated carbocycles. The molecular formula is C18H26BrNO5. The molecule has 6 nitrogen and oxygen atoms in total. The van der Waals surface area contributed by atoms with Crippen LogP contribution < -0.4 is 5.32 Å². The smallest absolute Gasteiger partial charge is 0.331 e. The van der Waals surface area contributed by atoms with Crippen molar-refractivity contribution in [1.82, 2.24) is 5.32 Å². The van der Waals surface area contributed by atoms with Gasteiger partial charge in [0.25, 0.3) is 5.91 Å². The van der Waals surface area contributed by atoms with Gasteiger partial charge in [-0.25, -0.2) is 4.79 Å². The number of carbonyl (C=O) groups excluding carboxylic acids is 2. The van der Waals surface area contributed by atoms with Gasteiger partial charge in [-0.05, 0) is 59.7 Å². The van der Waals surface area contributed by atoms with Gasteiger partial charge in [0.05, 0.1) is 17.8 Å². The summed E-state index contributed by atoms with van der Waals surface area (Å²) in [5.41, 5.74) is -1.11. The molecule has 1 atom stereocenters. The highest BCUT2D eigenvalue weighted by molar-refractivity contribution is 9.10. The highest BCUT2D eigenvalue weighted by Gasteiger charge is 2.29. The molecule has 0 aromatic heterocycles. The average Bonchev–Trinajstić information content (AvgIpc) is 2.40. The summed E-state index contributed by atoms with van der Waals surface area (Å²) < 4.78 is 11.6. The van der Waals surface area contributed by atoms with E-state index in [2.05, 4.69) is 21.2 Å². The summed E-state index contributed by atoms with van der Waals surface area (Å²) in [6.07, 6.45) is 0. The fourth-order valence-corrected chi connectivity index (χ4v) is 2.16. The molecular weight excluding hydrogens is 390 g/mol. The number of esters is 1. The lowest BCUT2D eigenvalue weighted by molar-refractivity contribution is -0.160. The van der Waals surface area contributed by atoms with Crippen molar-refractivity contribution in [3.05, 3.63) is 28.2 Å². The van der Waals surface area contributed by atoms with Crippen LogP contribution in [0.3, 0.4) is 0 Å². The maximum atomic E-state index is 12.4. The number of phenols is 1. The summed E-state index contributed by atoms with van der Waals surface area (Å²) >= 11 is 3.21. The molecule has 0 saturated heterocycles. The third-order valence-corrected chi connectivity index (χ3v) is 3.38. The summed E-state index contributed by atoms with van der Waals surface area (Å²) in [4.78, 5) is 24.8. The highest BCUT2D eigenvalue weighted by Crippen LogP contribution is 2.22. The predicted octanol–water partition coefficient (Wildman–Crippen LogP) is 3.41. The van der Waals surface area contributed by atoms with Gasteiger partial charge in [0, 0.05) is 4.47 Å². The van der Waals surface area contributed by atoms with Crippen LogP contribution >= 0.6 is 15.9 Å². The summed E-state index contributed by atoms with van der Waals surface area (Å²) in [5, 5.41) is 12.5. The molecule has 0 aliphatic carbocycles. The second kappa shape index (κ2) is 8.19. The van der Waals surface area contributed by atoms with Gasteiger partial charge in [0.2, 0.25) is 0 Å². The predicted molar refractivity (Wildman–Crippen MR) is 98.6 cm³/mol. The number of phenolic OH excluding ortho intramolecular Hbond substituents is 1. The van der Waals surface area contributed by atoms with Crippen molar-refractivity contribution in [3.8, 4) is 5.75 Å². The average molecular weight is 416 g/mol. The van der Waals surface area contributed by atoms with E-state index in [0.29, 0.717) is 4.47 Å². The maximum absolute atomic E-state index is 12.4. The molecule has 7 heteroatoms. The van der Waals surface area contributed by atoms with Crippen LogP contribution in [-0.2, 0) is 14.3 Å². The largest absolute Gasteiger partial charge is 0.507 e. The minimum absolute atomic E-state index is 0.0402. The Morgan fingerprint density at radius 2 is 1.76 bits per heavy atom. The lowest BCUT2D eigenvalue weighted by Gasteiger charge is -2.27. The van der Waals surface area contributed by atoms with Crippen LogP contribution in [0.15, 0.2) is 22.7 Å². The Bertz CT molecular complexity index is 631. The SMILES string of the molecule is CC(C)(C)OC[C@H](NC(=O)c1ccc(Br)cc1O)C(=O)OC(C)(C)C. The van der Waals surface area contributed by atoms with Gasteiger partial charge in [-0.3, -0.25) is 4.79 Å². The van der Waals surface area contributed by atoms with E-state index in [1.54, 1.807) is 26.8 Å². The normalized spacial score (nSPS) is 13.2. The number of nitrogens with one attached hydrogen (secondary N) is 1. The van der Waals surface area contributed by atoms with Crippen LogP contribution in [0.2, 0.25) is 0 Å².